The maximum atomic E-state index is 15.1. The van der Waals surface area contributed by atoms with Crippen LogP contribution in [0.25, 0.3) is 11.0 Å². The van der Waals surface area contributed by atoms with Crippen molar-refractivity contribution in [1.82, 2.24) is 14.5 Å². The van der Waals surface area contributed by atoms with Gasteiger partial charge in [-0.3, -0.25) is 4.98 Å². The first-order valence-corrected chi connectivity index (χ1v) is 10.6. The van der Waals surface area contributed by atoms with Gasteiger partial charge < -0.3 is 14.8 Å². The van der Waals surface area contributed by atoms with E-state index in [4.69, 9.17) is 10.1 Å². The standard InChI is InChI=1S/C25H25F2N3O2/c1-3-30-22-14-17(7-5-13-31)8-11-21(22)29-24(30)25(32,23-16(2)6-4-12-28-23)19-10-9-18(26)15-20(19)27/h4,6,8-12,14-15,31-32H,3,5,7,13H2,1-2H3. The van der Waals surface area contributed by atoms with Crippen LogP contribution < -0.4 is 0 Å². The summed E-state index contributed by atoms with van der Waals surface area (Å²) in [5.41, 5.74) is 1.18. The van der Waals surface area contributed by atoms with Gasteiger partial charge >= 0.3 is 0 Å². The third kappa shape index (κ3) is 3.67. The first-order valence-electron chi connectivity index (χ1n) is 10.6. The Morgan fingerprint density at radius 3 is 2.59 bits per heavy atom. The van der Waals surface area contributed by atoms with E-state index in [0.29, 0.717) is 30.5 Å². The predicted molar refractivity (Wildman–Crippen MR) is 118 cm³/mol. The van der Waals surface area contributed by atoms with Gasteiger partial charge in [-0.15, -0.1) is 0 Å². The predicted octanol–water partition coefficient (Wildman–Crippen LogP) is 4.25. The molecule has 0 saturated heterocycles. The summed E-state index contributed by atoms with van der Waals surface area (Å²) in [5.74, 6) is -1.40. The lowest BCUT2D eigenvalue weighted by atomic mass is 9.86. The van der Waals surface area contributed by atoms with Crippen molar-refractivity contribution in [3.05, 3.63) is 94.6 Å². The number of aromatic nitrogens is 3. The molecule has 0 aliphatic carbocycles. The second-order valence-electron chi connectivity index (χ2n) is 7.83. The number of pyridine rings is 1. The van der Waals surface area contributed by atoms with Crippen LogP contribution in [-0.4, -0.2) is 31.4 Å². The maximum Gasteiger partial charge on any atom is 0.193 e. The van der Waals surface area contributed by atoms with E-state index in [0.717, 1.165) is 23.2 Å². The molecule has 0 amide bonds. The van der Waals surface area contributed by atoms with Crippen LogP contribution in [0, 0.1) is 18.6 Å². The molecule has 0 aliphatic rings. The number of rotatable bonds is 7. The monoisotopic (exact) mass is 437 g/mol. The molecule has 5 nitrogen and oxygen atoms in total. The molecular weight excluding hydrogens is 412 g/mol. The smallest absolute Gasteiger partial charge is 0.193 e. The summed E-state index contributed by atoms with van der Waals surface area (Å²) in [5, 5.41) is 21.3. The fourth-order valence-electron chi connectivity index (χ4n) is 4.20. The highest BCUT2D eigenvalue weighted by Crippen LogP contribution is 2.39. The average Bonchev–Trinajstić information content (AvgIpc) is 3.16. The van der Waals surface area contributed by atoms with Crippen LogP contribution in [0.15, 0.2) is 54.7 Å². The zero-order valence-corrected chi connectivity index (χ0v) is 18.0. The van der Waals surface area contributed by atoms with Crippen LogP contribution in [0.4, 0.5) is 8.78 Å². The van der Waals surface area contributed by atoms with E-state index >= 15 is 4.39 Å². The number of fused-ring (bicyclic) bond motifs is 1. The van der Waals surface area contributed by atoms with Crippen molar-refractivity contribution in [2.45, 2.75) is 38.8 Å². The van der Waals surface area contributed by atoms with Crippen molar-refractivity contribution in [1.29, 1.82) is 0 Å². The van der Waals surface area contributed by atoms with Crippen LogP contribution in [-0.2, 0) is 18.6 Å². The molecule has 7 heteroatoms. The van der Waals surface area contributed by atoms with Gasteiger partial charge in [0, 0.05) is 31.0 Å². The molecule has 0 saturated carbocycles. The van der Waals surface area contributed by atoms with E-state index in [2.05, 4.69) is 4.98 Å². The van der Waals surface area contributed by atoms with E-state index in [1.807, 2.05) is 29.7 Å². The Hall–Kier alpha value is -3.16. The number of imidazole rings is 1. The Morgan fingerprint density at radius 1 is 1.09 bits per heavy atom. The summed E-state index contributed by atoms with van der Waals surface area (Å²) >= 11 is 0. The van der Waals surface area contributed by atoms with Gasteiger partial charge in [0.1, 0.15) is 11.6 Å². The van der Waals surface area contributed by atoms with Crippen molar-refractivity contribution in [3.63, 3.8) is 0 Å². The molecule has 2 aromatic carbocycles. The van der Waals surface area contributed by atoms with Crippen molar-refractivity contribution in [2.75, 3.05) is 6.61 Å². The number of benzene rings is 2. The maximum absolute atomic E-state index is 15.1. The Kier molecular flexibility index (Phi) is 6.04. The number of halogens is 2. The molecule has 0 bridgehead atoms. The largest absolute Gasteiger partial charge is 0.396 e. The van der Waals surface area contributed by atoms with Crippen molar-refractivity contribution < 1.29 is 19.0 Å². The lowest BCUT2D eigenvalue weighted by Crippen LogP contribution is -2.35. The minimum Gasteiger partial charge on any atom is -0.396 e. The van der Waals surface area contributed by atoms with Crippen LogP contribution in [0.1, 0.15) is 41.6 Å². The molecule has 32 heavy (non-hydrogen) atoms. The number of nitrogens with zero attached hydrogens (tertiary/aromatic N) is 3. The van der Waals surface area contributed by atoms with Gasteiger partial charge in [-0.25, -0.2) is 13.8 Å². The van der Waals surface area contributed by atoms with Gasteiger partial charge in [0.25, 0.3) is 0 Å². The number of hydrogen-bond donors (Lipinski definition) is 2. The van der Waals surface area contributed by atoms with Crippen LogP contribution in [0.5, 0.6) is 0 Å². The fraction of sp³-hybridized carbons (Fsp3) is 0.280. The normalized spacial score (nSPS) is 13.4. The quantitative estimate of drug-likeness (QED) is 0.454. The van der Waals surface area contributed by atoms with Crippen LogP contribution in [0.3, 0.4) is 0 Å². The Bertz CT molecular complexity index is 1270. The van der Waals surface area contributed by atoms with Gasteiger partial charge in [-0.2, -0.15) is 0 Å². The van der Waals surface area contributed by atoms with Gasteiger partial charge in [0.05, 0.1) is 16.7 Å². The Balaban J connectivity index is 2.03. The van der Waals surface area contributed by atoms with E-state index < -0.39 is 17.2 Å². The summed E-state index contributed by atoms with van der Waals surface area (Å²) in [7, 11) is 0. The lowest BCUT2D eigenvalue weighted by molar-refractivity contribution is 0.102. The van der Waals surface area contributed by atoms with Crippen LogP contribution in [0.2, 0.25) is 0 Å². The first-order chi connectivity index (χ1) is 15.4. The molecule has 0 radical (unpaired) electrons. The highest BCUT2D eigenvalue weighted by molar-refractivity contribution is 5.77. The van der Waals surface area contributed by atoms with Crippen molar-refractivity contribution in [2.24, 2.45) is 0 Å². The number of aryl methyl sites for hydroxylation is 3. The molecule has 2 aromatic heterocycles. The summed E-state index contributed by atoms with van der Waals surface area (Å²) in [4.78, 5) is 9.08. The fourth-order valence-corrected chi connectivity index (χ4v) is 4.20. The van der Waals surface area contributed by atoms with Gasteiger partial charge in [0.2, 0.25) is 0 Å². The molecule has 1 atom stereocenters. The molecule has 4 aromatic rings. The lowest BCUT2D eigenvalue weighted by Gasteiger charge is -2.30. The first kappa shape index (κ1) is 22.0. The Morgan fingerprint density at radius 2 is 1.91 bits per heavy atom. The molecule has 0 aliphatic heterocycles. The summed E-state index contributed by atoms with van der Waals surface area (Å²) in [6.07, 6.45) is 2.87. The van der Waals surface area contributed by atoms with Gasteiger partial charge in [0.15, 0.2) is 11.4 Å². The SMILES string of the molecule is CCn1c(C(O)(c2ccc(F)cc2F)c2ncccc2C)nc2ccc(CCCO)cc21. The zero-order valence-electron chi connectivity index (χ0n) is 18.0. The molecule has 166 valence electrons. The van der Waals surface area contributed by atoms with E-state index in [-0.39, 0.29) is 23.7 Å². The highest BCUT2D eigenvalue weighted by Gasteiger charge is 2.43. The van der Waals surface area contributed by atoms with E-state index in [1.165, 1.54) is 12.3 Å². The molecule has 0 spiro atoms. The number of hydrogen-bond acceptors (Lipinski definition) is 4. The minimum atomic E-state index is -2.04. The molecule has 2 heterocycles. The van der Waals surface area contributed by atoms with E-state index in [1.54, 1.807) is 19.1 Å². The van der Waals surface area contributed by atoms with E-state index in [9.17, 15) is 9.50 Å². The summed E-state index contributed by atoms with van der Waals surface area (Å²) in [6, 6.07) is 12.4. The third-order valence-electron chi connectivity index (χ3n) is 5.75. The van der Waals surface area contributed by atoms with Gasteiger partial charge in [-0.05, 0) is 68.1 Å². The molecule has 4 rings (SSSR count). The average molecular weight is 437 g/mol. The number of aliphatic hydroxyl groups is 2. The minimum absolute atomic E-state index is 0.0961. The van der Waals surface area contributed by atoms with Crippen LogP contribution >= 0.6 is 0 Å². The second kappa shape index (κ2) is 8.76. The van der Waals surface area contributed by atoms with Crippen molar-refractivity contribution >= 4 is 11.0 Å². The molecular formula is C25H25F2N3O2. The molecule has 1 unspecified atom stereocenters. The summed E-state index contributed by atoms with van der Waals surface area (Å²) < 4.78 is 30.6. The Labute approximate surface area is 185 Å². The molecule has 0 fully saturated rings. The third-order valence-corrected chi connectivity index (χ3v) is 5.75. The summed E-state index contributed by atoms with van der Waals surface area (Å²) in [6.45, 7) is 4.25. The second-order valence-corrected chi connectivity index (χ2v) is 7.83. The zero-order chi connectivity index (χ0) is 22.9. The van der Waals surface area contributed by atoms with Crippen molar-refractivity contribution in [3.8, 4) is 0 Å². The van der Waals surface area contributed by atoms with Gasteiger partial charge in [-0.1, -0.05) is 12.1 Å². The molecule has 2 N–H and O–H groups in total. The topological polar surface area (TPSA) is 71.2 Å². The highest BCUT2D eigenvalue weighted by atomic mass is 19.1. The number of aliphatic hydroxyl groups excluding tert-OH is 1.